The van der Waals surface area contributed by atoms with Crippen LogP contribution in [0.15, 0.2) is 23.2 Å². The first-order chi connectivity index (χ1) is 15.8. The highest BCUT2D eigenvalue weighted by Gasteiger charge is 2.36. The molecule has 0 atom stereocenters. The van der Waals surface area contributed by atoms with E-state index < -0.39 is 0 Å². The largest absolute Gasteiger partial charge is 0.383 e. The van der Waals surface area contributed by atoms with E-state index in [1.165, 1.54) is 6.33 Å². The summed E-state index contributed by atoms with van der Waals surface area (Å²) in [6.45, 7) is 8.27. The molecule has 1 aliphatic carbocycles. The van der Waals surface area contributed by atoms with Crippen molar-refractivity contribution in [3.63, 3.8) is 0 Å². The van der Waals surface area contributed by atoms with E-state index >= 15 is 0 Å². The van der Waals surface area contributed by atoms with Gasteiger partial charge < -0.3 is 15.2 Å². The van der Waals surface area contributed by atoms with Crippen LogP contribution in [-0.4, -0.2) is 59.9 Å². The van der Waals surface area contributed by atoms with E-state index in [9.17, 15) is 0 Å². The molecule has 33 heavy (non-hydrogen) atoms. The van der Waals surface area contributed by atoms with Crippen LogP contribution in [0.5, 0.6) is 0 Å². The number of likely N-dealkylation sites (tertiary alicyclic amines) is 1. The molecule has 170 valence electrons. The number of likely N-dealkylation sites (N-methyl/N-ethyl adjacent to an activating group) is 1. The Balaban J connectivity index is 1.52. The topological polar surface area (TPSA) is 125 Å². The van der Waals surface area contributed by atoms with Gasteiger partial charge in [0.15, 0.2) is 17.2 Å². The third kappa shape index (κ3) is 3.28. The van der Waals surface area contributed by atoms with Crippen molar-refractivity contribution in [1.29, 1.82) is 0 Å². The van der Waals surface area contributed by atoms with Gasteiger partial charge in [-0.05, 0) is 46.2 Å². The van der Waals surface area contributed by atoms with Gasteiger partial charge in [0.05, 0.1) is 16.5 Å². The number of nitrogens with two attached hydrogens (primary N) is 1. The summed E-state index contributed by atoms with van der Waals surface area (Å²) in [6.07, 6.45) is 7.45. The lowest BCUT2D eigenvalue weighted by Gasteiger charge is -2.36. The molecular weight excluding hydrogens is 418 g/mol. The predicted octanol–water partition coefficient (Wildman–Crippen LogP) is 3.18. The molecule has 2 fully saturated rings. The SMILES string of the molecule is CN1CC(c2cnc(-c3c(-c4nn(C(C)(C)C)c5ncnc(N)c45)noc3C3CC3)nc2)C1. The predicted molar refractivity (Wildman–Crippen MR) is 123 cm³/mol. The molecule has 1 aliphatic heterocycles. The molecule has 4 aromatic rings. The first-order valence-corrected chi connectivity index (χ1v) is 11.3. The van der Waals surface area contributed by atoms with Crippen LogP contribution in [0.2, 0.25) is 0 Å². The molecule has 1 saturated heterocycles. The summed E-state index contributed by atoms with van der Waals surface area (Å²) in [5.74, 6) is 2.58. The summed E-state index contributed by atoms with van der Waals surface area (Å²) in [4.78, 5) is 20.5. The minimum atomic E-state index is -0.311. The standard InChI is InChI=1S/C23H27N9O/c1-23(2,3)32-22-16(20(24)27-11-28-22)17(29-32)18-15(19(33-30-18)12-5-6-12)21-25-7-13(8-26-21)14-9-31(4)10-14/h7-8,11-12,14H,5-6,9-10H2,1-4H3,(H2,24,27,28). The van der Waals surface area contributed by atoms with Gasteiger partial charge in [0, 0.05) is 37.3 Å². The maximum Gasteiger partial charge on any atom is 0.165 e. The lowest BCUT2D eigenvalue weighted by Crippen LogP contribution is -2.41. The van der Waals surface area contributed by atoms with E-state index in [-0.39, 0.29) is 5.54 Å². The van der Waals surface area contributed by atoms with E-state index in [0.29, 0.717) is 45.9 Å². The summed E-state index contributed by atoms with van der Waals surface area (Å²) >= 11 is 0. The number of anilines is 1. The summed E-state index contributed by atoms with van der Waals surface area (Å²) in [6, 6.07) is 0. The quantitative estimate of drug-likeness (QED) is 0.504. The van der Waals surface area contributed by atoms with Crippen LogP contribution in [0.4, 0.5) is 5.82 Å². The molecule has 2 N–H and O–H groups in total. The average molecular weight is 446 g/mol. The van der Waals surface area contributed by atoms with Crippen LogP contribution in [0.3, 0.4) is 0 Å². The number of aromatic nitrogens is 7. The average Bonchev–Trinajstić information content (AvgIpc) is 3.37. The summed E-state index contributed by atoms with van der Waals surface area (Å²) in [5.41, 5.74) is 9.79. The number of fused-ring (bicyclic) bond motifs is 1. The van der Waals surface area contributed by atoms with Crippen LogP contribution >= 0.6 is 0 Å². The normalized spacial score (nSPS) is 17.6. The fraction of sp³-hybridized carbons (Fsp3) is 0.478. The van der Waals surface area contributed by atoms with Crippen molar-refractivity contribution in [2.45, 2.75) is 51.0 Å². The zero-order valence-electron chi connectivity index (χ0n) is 19.3. The van der Waals surface area contributed by atoms with Gasteiger partial charge in [0.2, 0.25) is 0 Å². The second kappa shape index (κ2) is 7.05. The molecule has 0 radical (unpaired) electrons. The molecule has 1 saturated carbocycles. The molecule has 6 rings (SSSR count). The highest BCUT2D eigenvalue weighted by atomic mass is 16.5. The van der Waals surface area contributed by atoms with E-state index in [0.717, 1.165) is 42.8 Å². The van der Waals surface area contributed by atoms with Crippen LogP contribution in [0, 0.1) is 0 Å². The Morgan fingerprint density at radius 1 is 1.00 bits per heavy atom. The monoisotopic (exact) mass is 445 g/mol. The zero-order chi connectivity index (χ0) is 22.9. The van der Waals surface area contributed by atoms with Crippen molar-refractivity contribution >= 4 is 16.9 Å². The van der Waals surface area contributed by atoms with Crippen molar-refractivity contribution in [3.05, 3.63) is 30.0 Å². The van der Waals surface area contributed by atoms with Crippen molar-refractivity contribution in [3.8, 4) is 22.8 Å². The molecule has 4 aromatic heterocycles. The Morgan fingerprint density at radius 3 is 2.36 bits per heavy atom. The van der Waals surface area contributed by atoms with Gasteiger partial charge in [0.25, 0.3) is 0 Å². The van der Waals surface area contributed by atoms with Crippen LogP contribution in [0.1, 0.15) is 56.8 Å². The van der Waals surface area contributed by atoms with Gasteiger partial charge in [-0.2, -0.15) is 5.10 Å². The number of nitrogen functional groups attached to an aromatic ring is 1. The number of hydrogen-bond acceptors (Lipinski definition) is 9. The molecule has 0 spiro atoms. The summed E-state index contributed by atoms with van der Waals surface area (Å²) < 4.78 is 7.73. The van der Waals surface area contributed by atoms with Gasteiger partial charge in [-0.3, -0.25) is 0 Å². The molecule has 10 heteroatoms. The van der Waals surface area contributed by atoms with Gasteiger partial charge >= 0.3 is 0 Å². The Bertz CT molecular complexity index is 1340. The van der Waals surface area contributed by atoms with Gasteiger partial charge in [-0.1, -0.05) is 5.16 Å². The minimum Gasteiger partial charge on any atom is -0.383 e. The fourth-order valence-corrected chi connectivity index (χ4v) is 4.50. The maximum atomic E-state index is 6.31. The van der Waals surface area contributed by atoms with E-state index in [1.54, 1.807) is 0 Å². The third-order valence-corrected chi connectivity index (χ3v) is 6.45. The number of rotatable bonds is 4. The van der Waals surface area contributed by atoms with Gasteiger partial charge in [-0.25, -0.2) is 24.6 Å². The number of hydrogen-bond donors (Lipinski definition) is 1. The molecule has 0 amide bonds. The van der Waals surface area contributed by atoms with E-state index in [2.05, 4.69) is 47.8 Å². The first-order valence-electron chi connectivity index (χ1n) is 11.3. The van der Waals surface area contributed by atoms with E-state index in [4.69, 9.17) is 25.3 Å². The van der Waals surface area contributed by atoms with Crippen molar-refractivity contribution in [1.82, 2.24) is 39.8 Å². The second-order valence-corrected chi connectivity index (χ2v) is 10.2. The molecular formula is C23H27N9O. The van der Waals surface area contributed by atoms with Crippen molar-refractivity contribution < 1.29 is 4.52 Å². The molecule has 0 aromatic carbocycles. The molecule has 10 nitrogen and oxygen atoms in total. The second-order valence-electron chi connectivity index (χ2n) is 10.2. The van der Waals surface area contributed by atoms with Crippen LogP contribution in [0.25, 0.3) is 33.8 Å². The Labute approximate surface area is 191 Å². The molecule has 5 heterocycles. The third-order valence-electron chi connectivity index (χ3n) is 6.45. The minimum absolute atomic E-state index is 0.311. The molecule has 0 bridgehead atoms. The van der Waals surface area contributed by atoms with Crippen LogP contribution in [-0.2, 0) is 5.54 Å². The Morgan fingerprint density at radius 2 is 1.73 bits per heavy atom. The summed E-state index contributed by atoms with van der Waals surface area (Å²) in [5, 5.41) is 10.0. The smallest absolute Gasteiger partial charge is 0.165 e. The van der Waals surface area contributed by atoms with Gasteiger partial charge in [-0.15, -0.1) is 0 Å². The summed E-state index contributed by atoms with van der Waals surface area (Å²) in [7, 11) is 2.12. The van der Waals surface area contributed by atoms with Crippen molar-refractivity contribution in [2.24, 2.45) is 0 Å². The highest BCUT2D eigenvalue weighted by Crippen LogP contribution is 2.48. The highest BCUT2D eigenvalue weighted by molar-refractivity contribution is 6.00. The lowest BCUT2D eigenvalue weighted by molar-refractivity contribution is 0.189. The Hall–Kier alpha value is -3.40. The molecule has 2 aliphatic rings. The Kier molecular flexibility index (Phi) is 4.32. The van der Waals surface area contributed by atoms with Gasteiger partial charge in [0.1, 0.15) is 23.5 Å². The van der Waals surface area contributed by atoms with Crippen molar-refractivity contribution in [2.75, 3.05) is 25.9 Å². The lowest BCUT2D eigenvalue weighted by atomic mass is 9.94. The first kappa shape index (κ1) is 20.2. The molecule has 0 unspecified atom stereocenters. The maximum absolute atomic E-state index is 6.31. The fourth-order valence-electron chi connectivity index (χ4n) is 4.50. The zero-order valence-corrected chi connectivity index (χ0v) is 19.3. The van der Waals surface area contributed by atoms with E-state index in [1.807, 2.05) is 17.1 Å². The number of nitrogens with zero attached hydrogens (tertiary/aromatic N) is 8. The van der Waals surface area contributed by atoms with Crippen LogP contribution < -0.4 is 5.73 Å².